The topological polar surface area (TPSA) is 84.4 Å². The number of carbonyl (C=O) groups is 1. The number of hydrogen-bond donors (Lipinski definition) is 2. The molecule has 2 unspecified atom stereocenters. The standard InChI is InChI=1S/C24H28Cl2N2O4/c1-14(22-18(26)13-27-28-22)21-19(29)12-24(32-23(21)30,16-5-3-4-6-16)10-9-15-7-8-20(31-2)17(25)11-15/h7-8,11,13-14,16,29H,3-6,9-10,12H2,1-2H3,(H,27,28). The Balaban J connectivity index is 1.61. The first-order valence-electron chi connectivity index (χ1n) is 11.0. The van der Waals surface area contributed by atoms with Gasteiger partial charge >= 0.3 is 5.97 Å². The number of nitrogens with zero attached hydrogens (tertiary/aromatic N) is 1. The van der Waals surface area contributed by atoms with E-state index in [1.807, 2.05) is 18.2 Å². The van der Waals surface area contributed by atoms with Crippen LogP contribution in [0.15, 0.2) is 35.7 Å². The first-order chi connectivity index (χ1) is 15.3. The average Bonchev–Trinajstić information content (AvgIpc) is 3.44. The Morgan fingerprint density at radius 1 is 1.31 bits per heavy atom. The summed E-state index contributed by atoms with van der Waals surface area (Å²) in [6.07, 6.45) is 7.33. The van der Waals surface area contributed by atoms with Gasteiger partial charge in [0.05, 0.1) is 28.4 Å². The second-order valence-corrected chi connectivity index (χ2v) is 9.60. The van der Waals surface area contributed by atoms with E-state index in [1.165, 1.54) is 0 Å². The molecule has 2 heterocycles. The highest BCUT2D eigenvalue weighted by Crippen LogP contribution is 2.47. The van der Waals surface area contributed by atoms with Crippen molar-refractivity contribution in [3.63, 3.8) is 0 Å². The number of ether oxygens (including phenoxy) is 2. The number of aliphatic hydroxyl groups excluding tert-OH is 1. The molecule has 2 aliphatic rings. The minimum absolute atomic E-state index is 0.0764. The van der Waals surface area contributed by atoms with Gasteiger partial charge < -0.3 is 14.6 Å². The number of aliphatic hydroxyl groups is 1. The van der Waals surface area contributed by atoms with Crippen molar-refractivity contribution < 1.29 is 19.4 Å². The molecule has 6 nitrogen and oxygen atoms in total. The van der Waals surface area contributed by atoms with Crippen LogP contribution in [0, 0.1) is 5.92 Å². The van der Waals surface area contributed by atoms with Crippen molar-refractivity contribution in [2.45, 2.75) is 63.4 Å². The van der Waals surface area contributed by atoms with E-state index >= 15 is 0 Å². The lowest BCUT2D eigenvalue weighted by Gasteiger charge is -2.42. The number of aryl methyl sites for hydroxylation is 1. The molecular weight excluding hydrogens is 451 g/mol. The van der Waals surface area contributed by atoms with Gasteiger partial charge in [0.25, 0.3) is 0 Å². The van der Waals surface area contributed by atoms with Crippen LogP contribution in [-0.4, -0.2) is 34.0 Å². The molecule has 2 N–H and O–H groups in total. The van der Waals surface area contributed by atoms with Crippen LogP contribution in [-0.2, 0) is 16.0 Å². The van der Waals surface area contributed by atoms with E-state index in [9.17, 15) is 9.90 Å². The molecule has 0 saturated heterocycles. The molecule has 1 saturated carbocycles. The molecule has 0 radical (unpaired) electrons. The minimum Gasteiger partial charge on any atom is -0.512 e. The number of hydrogen-bond acceptors (Lipinski definition) is 5. The molecule has 32 heavy (non-hydrogen) atoms. The van der Waals surface area contributed by atoms with Crippen LogP contribution in [0.2, 0.25) is 10.0 Å². The fraction of sp³-hybridized carbons (Fsp3) is 0.500. The third kappa shape index (κ3) is 4.35. The number of rotatable bonds is 7. The van der Waals surface area contributed by atoms with Crippen molar-refractivity contribution >= 4 is 29.2 Å². The summed E-state index contributed by atoms with van der Waals surface area (Å²) < 4.78 is 11.4. The highest BCUT2D eigenvalue weighted by molar-refractivity contribution is 6.32. The van der Waals surface area contributed by atoms with E-state index in [4.69, 9.17) is 32.7 Å². The maximum Gasteiger partial charge on any atom is 0.338 e. The quantitative estimate of drug-likeness (QED) is 0.466. The first-order valence-corrected chi connectivity index (χ1v) is 11.8. The van der Waals surface area contributed by atoms with Crippen LogP contribution in [0.1, 0.15) is 62.6 Å². The van der Waals surface area contributed by atoms with Crippen molar-refractivity contribution in [1.29, 1.82) is 0 Å². The largest absolute Gasteiger partial charge is 0.512 e. The Hall–Kier alpha value is -2.18. The lowest BCUT2D eigenvalue weighted by Crippen LogP contribution is -2.46. The zero-order chi connectivity index (χ0) is 22.9. The SMILES string of the molecule is COc1ccc(CCC2(C3CCCC3)CC(O)=C(C(C)c3n[nH]cc3Cl)C(=O)O2)cc1Cl. The highest BCUT2D eigenvalue weighted by Gasteiger charge is 2.49. The van der Waals surface area contributed by atoms with Gasteiger partial charge in [0.2, 0.25) is 0 Å². The van der Waals surface area contributed by atoms with Crippen molar-refractivity contribution in [3.8, 4) is 5.75 Å². The summed E-state index contributed by atoms with van der Waals surface area (Å²) in [5.41, 5.74) is 1.06. The van der Waals surface area contributed by atoms with Gasteiger partial charge in [-0.15, -0.1) is 0 Å². The lowest BCUT2D eigenvalue weighted by atomic mass is 9.75. The smallest absolute Gasteiger partial charge is 0.338 e. The highest BCUT2D eigenvalue weighted by atomic mass is 35.5. The monoisotopic (exact) mass is 478 g/mol. The molecule has 0 bridgehead atoms. The summed E-state index contributed by atoms with van der Waals surface area (Å²) in [7, 11) is 1.58. The van der Waals surface area contributed by atoms with Crippen molar-refractivity contribution in [3.05, 3.63) is 57.0 Å². The molecule has 2 atom stereocenters. The minimum atomic E-state index is -0.733. The van der Waals surface area contributed by atoms with Gasteiger partial charge in [-0.2, -0.15) is 5.10 Å². The van der Waals surface area contributed by atoms with Crippen LogP contribution in [0.25, 0.3) is 0 Å². The van der Waals surface area contributed by atoms with Crippen LogP contribution >= 0.6 is 23.2 Å². The number of aromatic amines is 1. The molecule has 1 aliphatic carbocycles. The summed E-state index contributed by atoms with van der Waals surface area (Å²) >= 11 is 12.5. The average molecular weight is 479 g/mol. The van der Waals surface area contributed by atoms with Gasteiger partial charge in [0.1, 0.15) is 17.1 Å². The van der Waals surface area contributed by atoms with Crippen LogP contribution in [0.3, 0.4) is 0 Å². The molecule has 1 fully saturated rings. The molecule has 0 spiro atoms. The number of aromatic nitrogens is 2. The van der Waals surface area contributed by atoms with Crippen LogP contribution in [0.5, 0.6) is 5.75 Å². The fourth-order valence-corrected chi connectivity index (χ4v) is 5.70. The maximum absolute atomic E-state index is 13.2. The van der Waals surface area contributed by atoms with E-state index in [0.29, 0.717) is 40.8 Å². The Bertz CT molecular complexity index is 1030. The first kappa shape index (κ1) is 23.0. The predicted octanol–water partition coefficient (Wildman–Crippen LogP) is 6.15. The number of benzene rings is 1. The number of esters is 1. The van der Waals surface area contributed by atoms with Crippen LogP contribution < -0.4 is 4.74 Å². The molecule has 2 aromatic rings. The molecule has 1 aliphatic heterocycles. The number of carbonyl (C=O) groups excluding carboxylic acids is 1. The van der Waals surface area contributed by atoms with Gasteiger partial charge in [0, 0.05) is 18.5 Å². The van der Waals surface area contributed by atoms with Gasteiger partial charge in [0.15, 0.2) is 0 Å². The van der Waals surface area contributed by atoms with Crippen molar-refractivity contribution in [2.75, 3.05) is 7.11 Å². The van der Waals surface area contributed by atoms with E-state index in [-0.39, 0.29) is 17.3 Å². The molecule has 8 heteroatoms. The number of methoxy groups -OCH3 is 1. The number of halogens is 2. The Morgan fingerprint density at radius 2 is 2.06 bits per heavy atom. The molecule has 4 rings (SSSR count). The van der Waals surface area contributed by atoms with Crippen LogP contribution in [0.4, 0.5) is 0 Å². The van der Waals surface area contributed by atoms with E-state index in [1.54, 1.807) is 20.2 Å². The molecule has 0 amide bonds. The van der Waals surface area contributed by atoms with Crippen molar-refractivity contribution in [2.24, 2.45) is 5.92 Å². The second kappa shape index (κ2) is 9.36. The Morgan fingerprint density at radius 3 is 2.66 bits per heavy atom. The molecule has 172 valence electrons. The Labute approximate surface area is 197 Å². The lowest BCUT2D eigenvalue weighted by molar-refractivity contribution is -0.167. The molecule has 1 aromatic heterocycles. The van der Waals surface area contributed by atoms with E-state index < -0.39 is 17.5 Å². The molecule has 1 aromatic carbocycles. The summed E-state index contributed by atoms with van der Waals surface area (Å²) in [5.74, 6) is -0.0370. The number of cyclic esters (lactones) is 1. The Kier molecular flexibility index (Phi) is 6.72. The number of nitrogens with one attached hydrogen (secondary N) is 1. The zero-order valence-electron chi connectivity index (χ0n) is 18.3. The summed E-state index contributed by atoms with van der Waals surface area (Å²) in [6.45, 7) is 1.80. The van der Waals surface area contributed by atoms with Gasteiger partial charge in [-0.3, -0.25) is 5.10 Å². The van der Waals surface area contributed by atoms with Gasteiger partial charge in [-0.25, -0.2) is 4.79 Å². The second-order valence-electron chi connectivity index (χ2n) is 8.78. The van der Waals surface area contributed by atoms with Crippen molar-refractivity contribution in [1.82, 2.24) is 10.2 Å². The van der Waals surface area contributed by atoms with Gasteiger partial charge in [-0.05, 0) is 49.3 Å². The molecular formula is C24H28Cl2N2O4. The van der Waals surface area contributed by atoms with Gasteiger partial charge in [-0.1, -0.05) is 49.0 Å². The summed E-state index contributed by atoms with van der Waals surface area (Å²) in [4.78, 5) is 13.2. The third-order valence-corrected chi connectivity index (χ3v) is 7.51. The number of H-pyrrole nitrogens is 1. The zero-order valence-corrected chi connectivity index (χ0v) is 19.8. The normalized spacial score (nSPS) is 22.8. The fourth-order valence-electron chi connectivity index (χ4n) is 5.17. The summed E-state index contributed by atoms with van der Waals surface area (Å²) in [6, 6.07) is 5.70. The third-order valence-electron chi connectivity index (χ3n) is 6.91. The van der Waals surface area contributed by atoms with E-state index in [2.05, 4.69) is 10.2 Å². The summed E-state index contributed by atoms with van der Waals surface area (Å²) in [5, 5.41) is 18.9. The van der Waals surface area contributed by atoms with E-state index in [0.717, 1.165) is 31.2 Å². The predicted molar refractivity (Wildman–Crippen MR) is 123 cm³/mol. The maximum atomic E-state index is 13.2.